The van der Waals surface area contributed by atoms with Crippen molar-refractivity contribution in [3.63, 3.8) is 0 Å². The van der Waals surface area contributed by atoms with Gasteiger partial charge in [0.2, 0.25) is 11.8 Å². The van der Waals surface area contributed by atoms with Gasteiger partial charge in [-0.15, -0.1) is 0 Å². The molecular weight excluding hydrogens is 280 g/mol. The van der Waals surface area contributed by atoms with Crippen LogP contribution in [0.25, 0.3) is 0 Å². The molecule has 0 aliphatic heterocycles. The number of rotatable bonds is 6. The van der Waals surface area contributed by atoms with Crippen molar-refractivity contribution in [3.8, 4) is 0 Å². The quantitative estimate of drug-likeness (QED) is 0.751. The van der Waals surface area contributed by atoms with Crippen molar-refractivity contribution in [2.45, 2.75) is 70.4 Å². The van der Waals surface area contributed by atoms with Crippen LogP contribution in [0.2, 0.25) is 0 Å². The van der Waals surface area contributed by atoms with Crippen molar-refractivity contribution in [1.82, 2.24) is 20.6 Å². The van der Waals surface area contributed by atoms with Crippen LogP contribution >= 0.6 is 0 Å². The van der Waals surface area contributed by atoms with Gasteiger partial charge in [0.05, 0.1) is 6.54 Å². The fraction of sp³-hybridized carbons (Fsp3) is 0.688. The zero-order chi connectivity index (χ0) is 15.6. The number of aromatic amines is 1. The molecule has 2 amide bonds. The van der Waals surface area contributed by atoms with Crippen LogP contribution in [-0.2, 0) is 16.1 Å². The summed E-state index contributed by atoms with van der Waals surface area (Å²) in [5.74, 6) is 0.579. The first kappa shape index (κ1) is 16.5. The predicted octanol–water partition coefficient (Wildman–Crippen LogP) is 2.04. The zero-order valence-electron chi connectivity index (χ0n) is 13.1. The van der Waals surface area contributed by atoms with Crippen LogP contribution < -0.4 is 10.6 Å². The van der Waals surface area contributed by atoms with E-state index < -0.39 is 0 Å². The second-order valence-corrected chi connectivity index (χ2v) is 5.92. The molecule has 1 fully saturated rings. The van der Waals surface area contributed by atoms with Gasteiger partial charge in [-0.3, -0.25) is 9.59 Å². The van der Waals surface area contributed by atoms with Gasteiger partial charge in [0.15, 0.2) is 0 Å². The molecule has 1 saturated carbocycles. The largest absolute Gasteiger partial charge is 0.353 e. The second-order valence-electron chi connectivity index (χ2n) is 5.92. The van der Waals surface area contributed by atoms with E-state index in [1.165, 1.54) is 32.1 Å². The van der Waals surface area contributed by atoms with E-state index in [-0.39, 0.29) is 24.7 Å². The molecule has 0 atom stereocenters. The van der Waals surface area contributed by atoms with E-state index in [2.05, 4.69) is 20.6 Å². The highest BCUT2D eigenvalue weighted by molar-refractivity contribution is 5.83. The highest BCUT2D eigenvalue weighted by Crippen LogP contribution is 2.17. The number of hydrogen-bond donors (Lipinski definition) is 3. The average Bonchev–Trinajstić information content (AvgIpc) is 2.99. The summed E-state index contributed by atoms with van der Waals surface area (Å²) in [5.41, 5.74) is 0. The number of carbonyl (C=O) groups is 2. The lowest BCUT2D eigenvalue weighted by Crippen LogP contribution is -2.36. The predicted molar refractivity (Wildman–Crippen MR) is 83.9 cm³/mol. The number of carbonyl (C=O) groups excluding carboxylic acids is 2. The molecule has 1 aliphatic carbocycles. The summed E-state index contributed by atoms with van der Waals surface area (Å²) in [6.07, 6.45) is 12.2. The average molecular weight is 306 g/mol. The molecule has 0 spiro atoms. The van der Waals surface area contributed by atoms with Crippen LogP contribution in [0.3, 0.4) is 0 Å². The summed E-state index contributed by atoms with van der Waals surface area (Å²) in [6.45, 7) is 0.371. The van der Waals surface area contributed by atoms with Gasteiger partial charge >= 0.3 is 0 Å². The monoisotopic (exact) mass is 306 g/mol. The first-order valence-electron chi connectivity index (χ1n) is 8.28. The Balaban J connectivity index is 1.60. The van der Waals surface area contributed by atoms with Crippen LogP contribution in [0, 0.1) is 0 Å². The van der Waals surface area contributed by atoms with E-state index in [1.54, 1.807) is 12.4 Å². The number of aromatic nitrogens is 2. The van der Waals surface area contributed by atoms with Crippen LogP contribution in [0.4, 0.5) is 0 Å². The minimum atomic E-state index is -0.121. The molecule has 6 heteroatoms. The number of nitrogens with one attached hydrogen (secondary N) is 3. The standard InChI is InChI=1S/C16H26N4O2/c21-15(19-12-14-17-10-11-18-14)8-9-16(22)20-13-6-4-2-1-3-5-7-13/h10-11,13H,1-9,12H2,(H,17,18)(H,19,21)(H,20,22). The van der Waals surface area contributed by atoms with Crippen LogP contribution in [0.1, 0.15) is 63.6 Å². The van der Waals surface area contributed by atoms with E-state index >= 15 is 0 Å². The topological polar surface area (TPSA) is 86.9 Å². The van der Waals surface area contributed by atoms with Crippen molar-refractivity contribution in [2.24, 2.45) is 0 Å². The van der Waals surface area contributed by atoms with Crippen molar-refractivity contribution in [3.05, 3.63) is 18.2 Å². The van der Waals surface area contributed by atoms with Gasteiger partial charge in [0, 0.05) is 31.3 Å². The second kappa shape index (κ2) is 9.23. The Bertz CT molecular complexity index is 451. The molecule has 1 heterocycles. The van der Waals surface area contributed by atoms with E-state index in [4.69, 9.17) is 0 Å². The van der Waals surface area contributed by atoms with Gasteiger partial charge < -0.3 is 15.6 Å². The number of hydrogen-bond acceptors (Lipinski definition) is 3. The fourth-order valence-corrected chi connectivity index (χ4v) is 2.79. The molecule has 0 saturated heterocycles. The van der Waals surface area contributed by atoms with Crippen LogP contribution in [-0.4, -0.2) is 27.8 Å². The Hall–Kier alpha value is -1.85. The molecule has 2 rings (SSSR count). The van der Waals surface area contributed by atoms with Gasteiger partial charge in [-0.2, -0.15) is 0 Å². The molecule has 6 nitrogen and oxygen atoms in total. The molecule has 0 aromatic carbocycles. The van der Waals surface area contributed by atoms with E-state index in [0.29, 0.717) is 18.4 Å². The summed E-state index contributed by atoms with van der Waals surface area (Å²) in [7, 11) is 0. The molecular formula is C16H26N4O2. The van der Waals surface area contributed by atoms with Gasteiger partial charge in [-0.1, -0.05) is 32.1 Å². The van der Waals surface area contributed by atoms with E-state index in [9.17, 15) is 9.59 Å². The van der Waals surface area contributed by atoms with Gasteiger partial charge in [-0.05, 0) is 12.8 Å². The van der Waals surface area contributed by atoms with E-state index in [0.717, 1.165) is 12.8 Å². The van der Waals surface area contributed by atoms with Gasteiger partial charge in [-0.25, -0.2) is 4.98 Å². The molecule has 0 radical (unpaired) electrons. The molecule has 1 aliphatic rings. The molecule has 0 unspecified atom stereocenters. The summed E-state index contributed by atoms with van der Waals surface area (Å²) in [6, 6.07) is 0.291. The third-order valence-corrected chi connectivity index (χ3v) is 4.06. The summed E-state index contributed by atoms with van der Waals surface area (Å²) in [5, 5.41) is 5.82. The first-order valence-corrected chi connectivity index (χ1v) is 8.28. The highest BCUT2D eigenvalue weighted by Gasteiger charge is 2.14. The Morgan fingerprint density at radius 3 is 2.45 bits per heavy atom. The van der Waals surface area contributed by atoms with Crippen molar-refractivity contribution >= 4 is 11.8 Å². The fourth-order valence-electron chi connectivity index (χ4n) is 2.79. The van der Waals surface area contributed by atoms with Gasteiger partial charge in [0.1, 0.15) is 5.82 Å². The molecule has 122 valence electrons. The van der Waals surface area contributed by atoms with Crippen molar-refractivity contribution in [2.75, 3.05) is 0 Å². The number of imidazole rings is 1. The van der Waals surface area contributed by atoms with Crippen LogP contribution in [0.5, 0.6) is 0 Å². The Morgan fingerprint density at radius 2 is 1.77 bits per heavy atom. The van der Waals surface area contributed by atoms with Crippen LogP contribution in [0.15, 0.2) is 12.4 Å². The SMILES string of the molecule is O=C(CCC(=O)NC1CCCCCCC1)NCc1ncc[nH]1. The normalized spacial score (nSPS) is 16.5. The highest BCUT2D eigenvalue weighted by atomic mass is 16.2. The Morgan fingerprint density at radius 1 is 1.09 bits per heavy atom. The maximum absolute atomic E-state index is 11.9. The molecule has 22 heavy (non-hydrogen) atoms. The summed E-state index contributed by atoms with van der Waals surface area (Å²) >= 11 is 0. The van der Waals surface area contributed by atoms with Crippen molar-refractivity contribution in [1.29, 1.82) is 0 Å². The number of H-pyrrole nitrogens is 1. The smallest absolute Gasteiger partial charge is 0.220 e. The van der Waals surface area contributed by atoms with Gasteiger partial charge in [0.25, 0.3) is 0 Å². The number of nitrogens with zero attached hydrogens (tertiary/aromatic N) is 1. The molecule has 0 bridgehead atoms. The summed E-state index contributed by atoms with van der Waals surface area (Å²) < 4.78 is 0. The molecule has 1 aromatic rings. The molecule has 3 N–H and O–H groups in total. The number of amides is 2. The minimum Gasteiger partial charge on any atom is -0.353 e. The third kappa shape index (κ3) is 6.28. The Kier molecular flexibility index (Phi) is 6.93. The zero-order valence-corrected chi connectivity index (χ0v) is 13.1. The van der Waals surface area contributed by atoms with Crippen molar-refractivity contribution < 1.29 is 9.59 Å². The molecule has 1 aromatic heterocycles. The third-order valence-electron chi connectivity index (χ3n) is 4.06. The minimum absolute atomic E-state index is 0.0151. The van der Waals surface area contributed by atoms with E-state index in [1.807, 2.05) is 0 Å². The lowest BCUT2D eigenvalue weighted by Gasteiger charge is -2.21. The summed E-state index contributed by atoms with van der Waals surface area (Å²) in [4.78, 5) is 30.6. The lowest BCUT2D eigenvalue weighted by molar-refractivity contribution is -0.127. The lowest BCUT2D eigenvalue weighted by atomic mass is 9.96. The Labute approximate surface area is 131 Å². The maximum Gasteiger partial charge on any atom is 0.220 e. The first-order chi connectivity index (χ1) is 10.7. The maximum atomic E-state index is 11.9.